The minimum absolute atomic E-state index is 0.0496. The third-order valence-electron chi connectivity index (χ3n) is 9.17. The fraction of sp³-hybridized carbons (Fsp3) is 0.600. The summed E-state index contributed by atoms with van der Waals surface area (Å²) in [6.45, 7) is 17.9. The van der Waals surface area contributed by atoms with E-state index in [0.29, 0.717) is 43.0 Å². The van der Waals surface area contributed by atoms with E-state index in [4.69, 9.17) is 14.9 Å². The molecule has 2 aliphatic heterocycles. The fourth-order valence-electron chi connectivity index (χ4n) is 6.55. The molecule has 1 amide bonds. The van der Waals surface area contributed by atoms with Gasteiger partial charge in [-0.25, -0.2) is 19.0 Å². The maximum atomic E-state index is 14.3. The second kappa shape index (κ2) is 18.2. The SMILES string of the molecule is CCN(C)C[C@@H](O)CC(C(C)C)N1CC2(CCN(c3ncnnc3Oc3ccc(F)cc3C(=O)N(CC)C(C)C)C2)C1.O=C(O)/C=C/C(=O)O. The lowest BCUT2D eigenvalue weighted by molar-refractivity contribution is -0.134. The van der Waals surface area contributed by atoms with E-state index in [-0.39, 0.29) is 40.7 Å². The lowest BCUT2D eigenvalue weighted by atomic mass is 9.76. The van der Waals surface area contributed by atoms with Crippen LogP contribution in [-0.4, -0.2) is 134 Å². The van der Waals surface area contributed by atoms with Crippen molar-refractivity contribution < 1.29 is 38.8 Å². The average molecular weight is 702 g/mol. The lowest BCUT2D eigenvalue weighted by Crippen LogP contribution is -2.62. The number of nitrogens with zero attached hydrogens (tertiary/aromatic N) is 7. The minimum Gasteiger partial charge on any atom is -0.478 e. The van der Waals surface area contributed by atoms with Crippen molar-refractivity contribution >= 4 is 23.7 Å². The molecule has 2 aliphatic rings. The van der Waals surface area contributed by atoms with Crippen LogP contribution >= 0.6 is 0 Å². The normalized spacial score (nSPS) is 16.8. The van der Waals surface area contributed by atoms with Crippen molar-refractivity contribution in [1.82, 2.24) is 29.9 Å². The first-order chi connectivity index (χ1) is 23.6. The summed E-state index contributed by atoms with van der Waals surface area (Å²) in [4.78, 5) is 45.4. The molecule has 2 saturated heterocycles. The summed E-state index contributed by atoms with van der Waals surface area (Å²) in [6, 6.07) is 4.22. The molecule has 2 aromatic rings. The standard InChI is InChI=1S/C31H48FN7O3.C4H4O4/c1-8-36(7)16-24(40)15-26(21(3)4)38-18-31(19-38)12-13-37(17-31)28-29(35-34-20-33-28)42-27-11-10-23(32)14-25(27)30(41)39(9-2)22(5)6;5-3(6)1-2-4(7)8/h10-11,14,20-22,24,26,40H,8-9,12-13,15-19H2,1-7H3;1-2H,(H,5,6)(H,7,8)/b;2-1+/t24-,26?;/m0./s1. The highest BCUT2D eigenvalue weighted by molar-refractivity contribution is 5.97. The molecule has 1 aromatic carbocycles. The predicted octanol–water partition coefficient (Wildman–Crippen LogP) is 3.62. The Labute approximate surface area is 293 Å². The van der Waals surface area contributed by atoms with Crippen molar-refractivity contribution in [2.45, 2.75) is 72.6 Å². The summed E-state index contributed by atoms with van der Waals surface area (Å²) in [7, 11) is 2.04. The third-order valence-corrected chi connectivity index (χ3v) is 9.17. The molecule has 276 valence electrons. The number of ether oxygens (including phenoxy) is 1. The van der Waals surface area contributed by atoms with E-state index in [1.807, 2.05) is 27.8 Å². The maximum Gasteiger partial charge on any atom is 0.328 e. The van der Waals surface area contributed by atoms with Crippen LogP contribution in [0.4, 0.5) is 10.2 Å². The summed E-state index contributed by atoms with van der Waals surface area (Å²) < 4.78 is 20.4. The van der Waals surface area contributed by atoms with Crippen molar-refractivity contribution in [2.75, 3.05) is 57.8 Å². The van der Waals surface area contributed by atoms with Crippen LogP contribution in [0.3, 0.4) is 0 Å². The zero-order valence-electron chi connectivity index (χ0n) is 30.1. The highest BCUT2D eigenvalue weighted by Crippen LogP contribution is 2.44. The van der Waals surface area contributed by atoms with Crippen LogP contribution in [0, 0.1) is 17.2 Å². The number of aromatic nitrogens is 3. The highest BCUT2D eigenvalue weighted by atomic mass is 19.1. The number of aliphatic hydroxyl groups is 1. The second-order valence-corrected chi connectivity index (χ2v) is 13.7. The number of carbonyl (C=O) groups is 3. The number of carboxylic acid groups (broad SMARTS) is 2. The first kappa shape index (κ1) is 40.2. The molecule has 0 aliphatic carbocycles. The molecule has 2 fully saturated rings. The molecule has 1 aromatic heterocycles. The van der Waals surface area contributed by atoms with Crippen molar-refractivity contribution in [3.05, 3.63) is 48.1 Å². The van der Waals surface area contributed by atoms with Gasteiger partial charge in [0.15, 0.2) is 5.82 Å². The number of likely N-dealkylation sites (N-methyl/N-ethyl adjacent to an activating group) is 1. The van der Waals surface area contributed by atoms with E-state index < -0.39 is 17.8 Å². The fourth-order valence-corrected chi connectivity index (χ4v) is 6.55. The Balaban J connectivity index is 0.000000753. The molecule has 2 atom stereocenters. The van der Waals surface area contributed by atoms with Crippen molar-refractivity contribution in [3.8, 4) is 11.6 Å². The molecule has 1 spiro atoms. The summed E-state index contributed by atoms with van der Waals surface area (Å²) >= 11 is 0. The molecule has 0 saturated carbocycles. The van der Waals surface area contributed by atoms with Crippen LogP contribution in [0.25, 0.3) is 0 Å². The molecule has 14 nitrogen and oxygen atoms in total. The van der Waals surface area contributed by atoms with Crippen molar-refractivity contribution in [2.24, 2.45) is 11.3 Å². The quantitative estimate of drug-likeness (QED) is 0.230. The van der Waals surface area contributed by atoms with Gasteiger partial charge < -0.3 is 34.8 Å². The first-order valence-electron chi connectivity index (χ1n) is 17.0. The van der Waals surface area contributed by atoms with Crippen LogP contribution in [0.5, 0.6) is 11.6 Å². The van der Waals surface area contributed by atoms with E-state index >= 15 is 0 Å². The van der Waals surface area contributed by atoms with Crippen LogP contribution < -0.4 is 9.64 Å². The molecule has 0 bridgehead atoms. The Morgan fingerprint density at radius 2 is 1.72 bits per heavy atom. The van der Waals surface area contributed by atoms with E-state index in [2.05, 4.69) is 50.7 Å². The Kier molecular flexibility index (Phi) is 14.6. The molecule has 15 heteroatoms. The molecule has 3 N–H and O–H groups in total. The topological polar surface area (TPSA) is 173 Å². The van der Waals surface area contributed by atoms with E-state index in [0.717, 1.165) is 45.6 Å². The van der Waals surface area contributed by atoms with E-state index in [1.54, 1.807) is 4.90 Å². The van der Waals surface area contributed by atoms with Gasteiger partial charge in [0.05, 0.1) is 11.7 Å². The van der Waals surface area contributed by atoms with Gasteiger partial charge in [0, 0.05) is 68.9 Å². The number of halogens is 1. The van der Waals surface area contributed by atoms with Gasteiger partial charge in [0.2, 0.25) is 0 Å². The van der Waals surface area contributed by atoms with Gasteiger partial charge in [-0.3, -0.25) is 9.69 Å². The number of hydrogen-bond donors (Lipinski definition) is 3. The highest BCUT2D eigenvalue weighted by Gasteiger charge is 2.50. The van der Waals surface area contributed by atoms with Crippen LogP contribution in [0.2, 0.25) is 0 Å². The van der Waals surface area contributed by atoms with Gasteiger partial charge in [0.1, 0.15) is 17.9 Å². The van der Waals surface area contributed by atoms with Gasteiger partial charge in [-0.1, -0.05) is 20.8 Å². The summed E-state index contributed by atoms with van der Waals surface area (Å²) in [6.07, 6.45) is 3.95. The number of carboxylic acids is 2. The second-order valence-electron chi connectivity index (χ2n) is 13.7. The molecular weight excluding hydrogens is 649 g/mol. The summed E-state index contributed by atoms with van der Waals surface area (Å²) in [5.74, 6) is -1.90. The Morgan fingerprint density at radius 3 is 2.28 bits per heavy atom. The zero-order chi connectivity index (χ0) is 37.2. The number of carbonyl (C=O) groups excluding carboxylic acids is 1. The molecule has 50 heavy (non-hydrogen) atoms. The van der Waals surface area contributed by atoms with E-state index in [9.17, 15) is 23.9 Å². The summed E-state index contributed by atoms with van der Waals surface area (Å²) in [5, 5.41) is 34.5. The van der Waals surface area contributed by atoms with Crippen molar-refractivity contribution in [1.29, 1.82) is 0 Å². The lowest BCUT2D eigenvalue weighted by Gasteiger charge is -2.53. The van der Waals surface area contributed by atoms with Gasteiger partial charge in [-0.15, -0.1) is 10.2 Å². The third kappa shape index (κ3) is 10.9. The van der Waals surface area contributed by atoms with Gasteiger partial charge >= 0.3 is 11.9 Å². The smallest absolute Gasteiger partial charge is 0.328 e. The number of rotatable bonds is 15. The van der Waals surface area contributed by atoms with Crippen LogP contribution in [0.15, 0.2) is 36.7 Å². The van der Waals surface area contributed by atoms with Crippen LogP contribution in [0.1, 0.15) is 64.7 Å². The van der Waals surface area contributed by atoms with Gasteiger partial charge in [0.25, 0.3) is 11.8 Å². The van der Waals surface area contributed by atoms with Crippen LogP contribution in [-0.2, 0) is 9.59 Å². The number of anilines is 1. The number of benzene rings is 1. The number of amides is 1. The Morgan fingerprint density at radius 1 is 1.06 bits per heavy atom. The number of likely N-dealkylation sites (tertiary alicyclic amines) is 1. The first-order valence-corrected chi connectivity index (χ1v) is 17.0. The van der Waals surface area contributed by atoms with Gasteiger partial charge in [-0.05, 0) is 71.3 Å². The molecule has 1 unspecified atom stereocenters. The molecule has 4 rings (SSSR count). The maximum absolute atomic E-state index is 14.3. The monoisotopic (exact) mass is 701 g/mol. The largest absolute Gasteiger partial charge is 0.478 e. The van der Waals surface area contributed by atoms with Gasteiger partial charge in [-0.2, -0.15) is 0 Å². The predicted molar refractivity (Wildman–Crippen MR) is 186 cm³/mol. The molecular formula is C35H52FN7O7. The number of hydrogen-bond acceptors (Lipinski definition) is 11. The average Bonchev–Trinajstić information content (AvgIpc) is 3.49. The molecule has 0 radical (unpaired) electrons. The minimum atomic E-state index is -1.26. The summed E-state index contributed by atoms with van der Waals surface area (Å²) in [5.41, 5.74) is 0.276. The Hall–Kier alpha value is -4.21. The molecule has 3 heterocycles. The van der Waals surface area contributed by atoms with E-state index in [1.165, 1.54) is 24.5 Å². The number of aliphatic carboxylic acids is 2. The zero-order valence-corrected chi connectivity index (χ0v) is 30.1. The number of aliphatic hydroxyl groups excluding tert-OH is 1. The van der Waals surface area contributed by atoms with Crippen molar-refractivity contribution in [3.63, 3.8) is 0 Å². The Bertz CT molecular complexity index is 1470.